The number of benzene rings is 1. The Morgan fingerprint density at radius 3 is 2.30 bits per heavy atom. The molecule has 0 fully saturated rings. The van der Waals surface area contributed by atoms with E-state index in [1.54, 1.807) is 0 Å². The first-order valence-corrected chi connectivity index (χ1v) is 6.91. The number of carbonyl (C=O) groups is 1. The Kier molecular flexibility index (Phi) is 5.88. The zero-order valence-electron chi connectivity index (χ0n) is 11.2. The Bertz CT molecular complexity index is 446. The van der Waals surface area contributed by atoms with Gasteiger partial charge in [0.1, 0.15) is 0 Å². The standard InChI is InChI=1S/C13H17F3N2OS/c1-8(2)7-11(17)12(19)18-9-3-5-10(6-4-9)20-13(14,15)16/h3-6,8,11H,7,17H2,1-2H3,(H,18,19)/t11-/m0/s1. The van der Waals surface area contributed by atoms with Gasteiger partial charge in [-0.25, -0.2) is 0 Å². The largest absolute Gasteiger partial charge is 0.446 e. The summed E-state index contributed by atoms with van der Waals surface area (Å²) < 4.78 is 36.5. The lowest BCUT2D eigenvalue weighted by Crippen LogP contribution is -2.36. The number of alkyl halides is 3. The predicted octanol–water partition coefficient (Wildman–Crippen LogP) is 3.61. The van der Waals surface area contributed by atoms with Gasteiger partial charge in [0.25, 0.3) is 0 Å². The number of thioether (sulfide) groups is 1. The van der Waals surface area contributed by atoms with E-state index in [0.717, 1.165) is 0 Å². The van der Waals surface area contributed by atoms with Crippen LogP contribution >= 0.6 is 11.8 Å². The van der Waals surface area contributed by atoms with E-state index in [1.165, 1.54) is 24.3 Å². The first-order valence-electron chi connectivity index (χ1n) is 6.09. The van der Waals surface area contributed by atoms with E-state index >= 15 is 0 Å². The Morgan fingerprint density at radius 2 is 1.85 bits per heavy atom. The smallest absolute Gasteiger partial charge is 0.325 e. The van der Waals surface area contributed by atoms with Crippen molar-refractivity contribution in [1.29, 1.82) is 0 Å². The molecule has 112 valence electrons. The van der Waals surface area contributed by atoms with Gasteiger partial charge in [0.05, 0.1) is 6.04 Å². The van der Waals surface area contributed by atoms with Crippen molar-refractivity contribution in [3.05, 3.63) is 24.3 Å². The van der Waals surface area contributed by atoms with Crippen LogP contribution in [0.5, 0.6) is 0 Å². The summed E-state index contributed by atoms with van der Waals surface area (Å²) in [4.78, 5) is 11.8. The topological polar surface area (TPSA) is 55.1 Å². The van der Waals surface area contributed by atoms with Crippen molar-refractivity contribution >= 4 is 23.4 Å². The van der Waals surface area contributed by atoms with Gasteiger partial charge in [-0.05, 0) is 48.4 Å². The second kappa shape index (κ2) is 6.99. The van der Waals surface area contributed by atoms with Gasteiger partial charge in [-0.15, -0.1) is 0 Å². The number of carbonyl (C=O) groups excluding carboxylic acids is 1. The van der Waals surface area contributed by atoms with Crippen molar-refractivity contribution in [2.75, 3.05) is 5.32 Å². The summed E-state index contributed by atoms with van der Waals surface area (Å²) in [6.45, 7) is 3.91. The molecule has 0 aliphatic rings. The molecule has 1 aromatic rings. The molecule has 3 N–H and O–H groups in total. The molecule has 1 aromatic carbocycles. The summed E-state index contributed by atoms with van der Waals surface area (Å²) in [6.07, 6.45) is 0.549. The van der Waals surface area contributed by atoms with Crippen LogP contribution in [0.3, 0.4) is 0 Å². The first kappa shape index (κ1) is 16.8. The minimum absolute atomic E-state index is 0.0713. The average molecular weight is 306 g/mol. The van der Waals surface area contributed by atoms with Crippen LogP contribution in [0.25, 0.3) is 0 Å². The van der Waals surface area contributed by atoms with Crippen LogP contribution in [0, 0.1) is 5.92 Å². The molecule has 0 spiro atoms. The second-order valence-electron chi connectivity index (χ2n) is 4.80. The molecule has 0 unspecified atom stereocenters. The van der Waals surface area contributed by atoms with Crippen LogP contribution in [0.2, 0.25) is 0 Å². The minimum atomic E-state index is -4.32. The van der Waals surface area contributed by atoms with Crippen LogP contribution in [0.1, 0.15) is 20.3 Å². The maximum Gasteiger partial charge on any atom is 0.446 e. The van der Waals surface area contributed by atoms with E-state index in [2.05, 4.69) is 5.32 Å². The molecule has 0 bridgehead atoms. The number of hydrogen-bond donors (Lipinski definition) is 2. The lowest BCUT2D eigenvalue weighted by atomic mass is 10.0. The van der Waals surface area contributed by atoms with E-state index in [-0.39, 0.29) is 22.6 Å². The Balaban J connectivity index is 2.59. The van der Waals surface area contributed by atoms with Crippen LogP contribution < -0.4 is 11.1 Å². The van der Waals surface area contributed by atoms with Crippen molar-refractivity contribution in [3.8, 4) is 0 Å². The van der Waals surface area contributed by atoms with Gasteiger partial charge in [0.15, 0.2) is 0 Å². The number of anilines is 1. The van der Waals surface area contributed by atoms with Crippen molar-refractivity contribution in [1.82, 2.24) is 0 Å². The molecule has 20 heavy (non-hydrogen) atoms. The Labute approximate surface area is 120 Å². The molecular formula is C13H17F3N2OS. The summed E-state index contributed by atoms with van der Waals surface area (Å²) in [5.74, 6) is -0.0452. The molecule has 0 saturated carbocycles. The highest BCUT2D eigenvalue weighted by Gasteiger charge is 2.29. The molecule has 0 heterocycles. The molecule has 0 aliphatic carbocycles. The van der Waals surface area contributed by atoms with Crippen LogP contribution in [0.15, 0.2) is 29.2 Å². The quantitative estimate of drug-likeness (QED) is 0.817. The van der Waals surface area contributed by atoms with Gasteiger partial charge in [0, 0.05) is 10.6 Å². The Morgan fingerprint density at radius 1 is 1.30 bits per heavy atom. The number of halogens is 3. The fraction of sp³-hybridized carbons (Fsp3) is 0.462. The summed E-state index contributed by atoms with van der Waals surface area (Å²) in [7, 11) is 0. The highest BCUT2D eigenvalue weighted by atomic mass is 32.2. The molecule has 3 nitrogen and oxygen atoms in total. The summed E-state index contributed by atoms with van der Waals surface area (Å²) in [6, 6.07) is 4.84. The maximum absolute atomic E-state index is 12.2. The number of amides is 1. The third-order valence-corrected chi connectivity index (χ3v) is 3.16. The van der Waals surface area contributed by atoms with Gasteiger partial charge < -0.3 is 11.1 Å². The summed E-state index contributed by atoms with van der Waals surface area (Å²) >= 11 is -0.194. The second-order valence-corrected chi connectivity index (χ2v) is 5.94. The highest BCUT2D eigenvalue weighted by Crippen LogP contribution is 2.37. The molecule has 0 radical (unpaired) electrons. The molecule has 7 heteroatoms. The van der Waals surface area contributed by atoms with E-state index in [4.69, 9.17) is 5.73 Å². The lowest BCUT2D eigenvalue weighted by molar-refractivity contribution is -0.117. The molecule has 1 atom stereocenters. The van der Waals surface area contributed by atoms with Gasteiger partial charge in [-0.2, -0.15) is 13.2 Å². The van der Waals surface area contributed by atoms with Crippen molar-refractivity contribution < 1.29 is 18.0 Å². The van der Waals surface area contributed by atoms with E-state index in [0.29, 0.717) is 18.0 Å². The molecule has 0 aliphatic heterocycles. The summed E-state index contributed by atoms with van der Waals surface area (Å²) in [5.41, 5.74) is 1.83. The van der Waals surface area contributed by atoms with Gasteiger partial charge in [0.2, 0.25) is 5.91 Å². The molecule has 0 saturated heterocycles. The average Bonchev–Trinajstić information content (AvgIpc) is 2.28. The van der Waals surface area contributed by atoms with Gasteiger partial charge >= 0.3 is 5.51 Å². The lowest BCUT2D eigenvalue weighted by Gasteiger charge is -2.14. The fourth-order valence-electron chi connectivity index (χ4n) is 1.59. The van der Waals surface area contributed by atoms with Crippen molar-refractivity contribution in [2.24, 2.45) is 11.7 Å². The van der Waals surface area contributed by atoms with E-state index < -0.39 is 11.6 Å². The normalized spacial score (nSPS) is 13.3. The van der Waals surface area contributed by atoms with Crippen LogP contribution in [-0.2, 0) is 4.79 Å². The molecule has 1 amide bonds. The SMILES string of the molecule is CC(C)C[C@H](N)C(=O)Nc1ccc(SC(F)(F)F)cc1. The van der Waals surface area contributed by atoms with Crippen LogP contribution in [0.4, 0.5) is 18.9 Å². The highest BCUT2D eigenvalue weighted by molar-refractivity contribution is 8.00. The zero-order chi connectivity index (χ0) is 15.3. The number of nitrogens with one attached hydrogen (secondary N) is 1. The fourth-order valence-corrected chi connectivity index (χ4v) is 2.13. The Hall–Kier alpha value is -1.21. The third kappa shape index (κ3) is 6.29. The predicted molar refractivity (Wildman–Crippen MR) is 74.4 cm³/mol. The van der Waals surface area contributed by atoms with E-state index in [1.807, 2.05) is 13.8 Å². The molecular weight excluding hydrogens is 289 g/mol. The molecule has 0 aromatic heterocycles. The molecule has 1 rings (SSSR count). The van der Waals surface area contributed by atoms with Gasteiger partial charge in [-0.1, -0.05) is 13.8 Å². The first-order chi connectivity index (χ1) is 9.17. The number of rotatable bonds is 5. The number of hydrogen-bond acceptors (Lipinski definition) is 3. The van der Waals surface area contributed by atoms with E-state index in [9.17, 15) is 18.0 Å². The van der Waals surface area contributed by atoms with Crippen molar-refractivity contribution in [3.63, 3.8) is 0 Å². The minimum Gasteiger partial charge on any atom is -0.325 e. The number of nitrogens with two attached hydrogens (primary N) is 1. The van der Waals surface area contributed by atoms with Crippen LogP contribution in [-0.4, -0.2) is 17.5 Å². The zero-order valence-corrected chi connectivity index (χ0v) is 12.0. The van der Waals surface area contributed by atoms with Crippen molar-refractivity contribution in [2.45, 2.75) is 36.7 Å². The van der Waals surface area contributed by atoms with Gasteiger partial charge in [-0.3, -0.25) is 4.79 Å². The maximum atomic E-state index is 12.2. The summed E-state index contributed by atoms with van der Waals surface area (Å²) in [5, 5.41) is 2.58. The third-order valence-electron chi connectivity index (χ3n) is 2.42. The monoisotopic (exact) mass is 306 g/mol.